The molecule has 0 atom stereocenters. The minimum atomic E-state index is -0.637. The third-order valence-electron chi connectivity index (χ3n) is 4.68. The van der Waals surface area contributed by atoms with E-state index in [1.54, 1.807) is 0 Å². The van der Waals surface area contributed by atoms with Crippen molar-refractivity contribution < 1.29 is 18.9 Å². The van der Waals surface area contributed by atoms with Gasteiger partial charge in [0, 0.05) is 35.8 Å². The quantitative estimate of drug-likeness (QED) is 0.557. The number of benzene rings is 2. The zero-order valence-corrected chi connectivity index (χ0v) is 15.8. The number of likely N-dealkylation sites (tertiary alicyclic amines) is 1. The molecule has 0 saturated carbocycles. The molecular formula is C19H17ClFN3O4. The average Bonchev–Trinajstić information content (AvgIpc) is 3.06. The number of hydrogen-bond donors (Lipinski definition) is 0. The maximum Gasteiger partial charge on any atom is 0.273 e. The molecule has 0 aliphatic carbocycles. The van der Waals surface area contributed by atoms with Crippen LogP contribution in [0.5, 0.6) is 0 Å². The molecule has 0 bridgehead atoms. The molecule has 1 saturated heterocycles. The van der Waals surface area contributed by atoms with Crippen LogP contribution in [0.2, 0.25) is 5.02 Å². The molecule has 2 aromatic rings. The summed E-state index contributed by atoms with van der Waals surface area (Å²) in [6.45, 7) is 1.93. The Labute approximate surface area is 165 Å². The molecule has 7 nitrogen and oxygen atoms in total. The number of nitro benzene ring substituents is 1. The van der Waals surface area contributed by atoms with Crippen LogP contribution in [0.4, 0.5) is 15.8 Å². The maximum absolute atomic E-state index is 13.6. The Morgan fingerprint density at radius 1 is 1.36 bits per heavy atom. The summed E-state index contributed by atoms with van der Waals surface area (Å²) in [6.07, 6.45) is 1.07. The van der Waals surface area contributed by atoms with Crippen molar-refractivity contribution in [2.24, 2.45) is 0 Å². The minimum Gasteiger partial charge on any atom is -0.324 e. The number of nitro groups is 1. The second-order valence-electron chi connectivity index (χ2n) is 6.44. The van der Waals surface area contributed by atoms with Crippen LogP contribution in [0.1, 0.15) is 28.8 Å². The van der Waals surface area contributed by atoms with E-state index in [1.807, 2.05) is 0 Å². The van der Waals surface area contributed by atoms with Gasteiger partial charge in [-0.15, -0.1) is 0 Å². The highest BCUT2D eigenvalue weighted by atomic mass is 35.5. The van der Waals surface area contributed by atoms with E-state index in [0.29, 0.717) is 25.1 Å². The number of anilines is 1. The first-order chi connectivity index (χ1) is 13.3. The van der Waals surface area contributed by atoms with Crippen molar-refractivity contribution in [3.05, 3.63) is 68.5 Å². The summed E-state index contributed by atoms with van der Waals surface area (Å²) in [5.74, 6) is -1.27. The van der Waals surface area contributed by atoms with E-state index in [-0.39, 0.29) is 34.4 Å². The number of hydrogen-bond acceptors (Lipinski definition) is 4. The van der Waals surface area contributed by atoms with E-state index in [2.05, 4.69) is 0 Å². The summed E-state index contributed by atoms with van der Waals surface area (Å²) >= 11 is 5.87. The summed E-state index contributed by atoms with van der Waals surface area (Å²) in [5, 5.41) is 11.0. The maximum atomic E-state index is 13.6. The predicted octanol–water partition coefficient (Wildman–Crippen LogP) is 3.92. The van der Waals surface area contributed by atoms with Crippen LogP contribution in [0, 0.1) is 22.9 Å². The molecule has 0 unspecified atom stereocenters. The standard InChI is InChI=1S/C19H17ClFN3O4/c1-12-14(4-2-5-17(12)24(27)28)19(26)23(11-22-9-3-6-18(22)25)13-7-8-16(21)15(20)10-13/h2,4-5,7-8,10H,3,6,9,11H2,1H3. The molecule has 9 heteroatoms. The van der Waals surface area contributed by atoms with E-state index in [1.165, 1.54) is 47.1 Å². The van der Waals surface area contributed by atoms with Crippen LogP contribution in [0.25, 0.3) is 0 Å². The monoisotopic (exact) mass is 405 g/mol. The highest BCUT2D eigenvalue weighted by Crippen LogP contribution is 2.28. The number of rotatable bonds is 5. The fraction of sp³-hybridized carbons (Fsp3) is 0.263. The molecule has 1 heterocycles. The highest BCUT2D eigenvalue weighted by molar-refractivity contribution is 6.31. The number of carbonyl (C=O) groups is 2. The van der Waals surface area contributed by atoms with Crippen LogP contribution in [-0.2, 0) is 4.79 Å². The lowest BCUT2D eigenvalue weighted by molar-refractivity contribution is -0.385. The van der Waals surface area contributed by atoms with Gasteiger partial charge >= 0.3 is 0 Å². The van der Waals surface area contributed by atoms with E-state index < -0.39 is 16.6 Å². The van der Waals surface area contributed by atoms with E-state index in [0.717, 1.165) is 6.07 Å². The molecular weight excluding hydrogens is 389 g/mol. The fourth-order valence-electron chi connectivity index (χ4n) is 3.14. The number of carbonyl (C=O) groups excluding carboxylic acids is 2. The second-order valence-corrected chi connectivity index (χ2v) is 6.85. The molecule has 1 fully saturated rings. The van der Waals surface area contributed by atoms with Gasteiger partial charge in [-0.05, 0) is 37.6 Å². The van der Waals surface area contributed by atoms with Crippen LogP contribution in [0.3, 0.4) is 0 Å². The summed E-state index contributed by atoms with van der Waals surface area (Å²) in [4.78, 5) is 38.7. The van der Waals surface area contributed by atoms with Crippen molar-refractivity contribution >= 4 is 34.8 Å². The Balaban J connectivity index is 2.04. The fourth-order valence-corrected chi connectivity index (χ4v) is 3.31. The third-order valence-corrected chi connectivity index (χ3v) is 4.97. The SMILES string of the molecule is Cc1c(C(=O)N(CN2CCCC2=O)c2ccc(F)c(Cl)c2)cccc1[N+](=O)[O-]. The van der Waals surface area contributed by atoms with Gasteiger partial charge in [-0.2, -0.15) is 0 Å². The van der Waals surface area contributed by atoms with Crippen molar-refractivity contribution in [1.82, 2.24) is 4.90 Å². The topological polar surface area (TPSA) is 83.8 Å². The lowest BCUT2D eigenvalue weighted by atomic mass is 10.1. The van der Waals surface area contributed by atoms with E-state index in [9.17, 15) is 24.1 Å². The van der Waals surface area contributed by atoms with Gasteiger partial charge < -0.3 is 4.90 Å². The van der Waals surface area contributed by atoms with Gasteiger partial charge in [0.25, 0.3) is 11.6 Å². The van der Waals surface area contributed by atoms with Crippen molar-refractivity contribution in [2.45, 2.75) is 19.8 Å². The third kappa shape index (κ3) is 3.82. The smallest absolute Gasteiger partial charge is 0.273 e. The summed E-state index contributed by atoms with van der Waals surface area (Å²) in [6, 6.07) is 8.03. The zero-order valence-electron chi connectivity index (χ0n) is 15.0. The normalized spacial score (nSPS) is 13.7. The predicted molar refractivity (Wildman–Crippen MR) is 102 cm³/mol. The highest BCUT2D eigenvalue weighted by Gasteiger charge is 2.29. The van der Waals surface area contributed by atoms with Crippen molar-refractivity contribution in [3.63, 3.8) is 0 Å². The lowest BCUT2D eigenvalue weighted by Crippen LogP contribution is -2.42. The molecule has 3 rings (SSSR count). The average molecular weight is 406 g/mol. The Hall–Kier alpha value is -3.00. The molecule has 0 N–H and O–H groups in total. The van der Waals surface area contributed by atoms with Gasteiger partial charge in [-0.25, -0.2) is 4.39 Å². The van der Waals surface area contributed by atoms with Crippen LogP contribution in [-0.4, -0.2) is 34.9 Å². The second kappa shape index (κ2) is 7.93. The van der Waals surface area contributed by atoms with Crippen molar-refractivity contribution in [3.8, 4) is 0 Å². The number of halogens is 2. The largest absolute Gasteiger partial charge is 0.324 e. The van der Waals surface area contributed by atoms with Crippen LogP contribution in [0.15, 0.2) is 36.4 Å². The summed E-state index contributed by atoms with van der Waals surface area (Å²) < 4.78 is 13.6. The number of amides is 2. The van der Waals surface area contributed by atoms with Gasteiger partial charge in [0.1, 0.15) is 12.5 Å². The zero-order chi connectivity index (χ0) is 20.4. The molecule has 2 amide bonds. The molecule has 28 heavy (non-hydrogen) atoms. The van der Waals surface area contributed by atoms with E-state index in [4.69, 9.17) is 11.6 Å². The van der Waals surface area contributed by atoms with E-state index >= 15 is 0 Å². The lowest BCUT2D eigenvalue weighted by Gasteiger charge is -2.28. The first-order valence-corrected chi connectivity index (χ1v) is 8.96. The van der Waals surface area contributed by atoms with Crippen molar-refractivity contribution in [1.29, 1.82) is 0 Å². The summed E-state index contributed by atoms with van der Waals surface area (Å²) in [7, 11) is 0. The molecule has 2 aromatic carbocycles. The Kier molecular flexibility index (Phi) is 5.60. The van der Waals surface area contributed by atoms with Crippen molar-refractivity contribution in [2.75, 3.05) is 18.1 Å². The first-order valence-electron chi connectivity index (χ1n) is 8.58. The van der Waals surface area contributed by atoms with Gasteiger partial charge in [0.05, 0.1) is 9.95 Å². The minimum absolute atomic E-state index is 0.0538. The molecule has 0 spiro atoms. The van der Waals surface area contributed by atoms with Gasteiger partial charge in [0.2, 0.25) is 5.91 Å². The van der Waals surface area contributed by atoms with Gasteiger partial charge in [0.15, 0.2) is 0 Å². The Morgan fingerprint density at radius 2 is 2.11 bits per heavy atom. The molecule has 146 valence electrons. The molecule has 1 aliphatic rings. The van der Waals surface area contributed by atoms with Gasteiger partial charge in [-0.1, -0.05) is 17.7 Å². The Bertz CT molecular complexity index is 966. The van der Waals surface area contributed by atoms with Crippen LogP contribution < -0.4 is 4.90 Å². The van der Waals surface area contributed by atoms with Gasteiger partial charge in [-0.3, -0.25) is 24.6 Å². The number of nitrogens with zero attached hydrogens (tertiary/aromatic N) is 3. The first kappa shape index (κ1) is 19.8. The molecule has 1 aliphatic heterocycles. The summed E-state index contributed by atoms with van der Waals surface area (Å²) in [5.41, 5.74) is 0.451. The molecule has 0 radical (unpaired) electrons. The molecule has 0 aromatic heterocycles. The Morgan fingerprint density at radius 3 is 2.71 bits per heavy atom. The van der Waals surface area contributed by atoms with Crippen LogP contribution >= 0.6 is 11.6 Å².